The second-order valence-corrected chi connectivity index (χ2v) is 6.99. The summed E-state index contributed by atoms with van der Waals surface area (Å²) in [5, 5.41) is 6.48. The molecule has 2 fully saturated rings. The Bertz CT molecular complexity index is 279. The molecule has 1 amide bonds. The van der Waals surface area contributed by atoms with Gasteiger partial charge < -0.3 is 10.6 Å². The highest BCUT2D eigenvalue weighted by molar-refractivity contribution is 5.78. The molecule has 0 spiro atoms. The van der Waals surface area contributed by atoms with Gasteiger partial charge in [-0.3, -0.25) is 4.79 Å². The molecule has 0 unspecified atom stereocenters. The topological polar surface area (TPSA) is 41.1 Å². The summed E-state index contributed by atoms with van der Waals surface area (Å²) in [6.07, 6.45) is 13.0. The minimum Gasteiger partial charge on any atom is -0.352 e. The van der Waals surface area contributed by atoms with Gasteiger partial charge in [-0.15, -0.1) is 0 Å². The minimum atomic E-state index is 0.189. The Morgan fingerprint density at radius 3 is 2.40 bits per heavy atom. The largest absolute Gasteiger partial charge is 0.352 e. The number of carbonyl (C=O) groups excluding carboxylic acids is 1. The van der Waals surface area contributed by atoms with E-state index in [2.05, 4.69) is 17.6 Å². The highest BCUT2D eigenvalue weighted by atomic mass is 16.1. The molecule has 0 heterocycles. The summed E-state index contributed by atoms with van der Waals surface area (Å²) in [5.41, 5.74) is 0. The van der Waals surface area contributed by atoms with Gasteiger partial charge in [0.2, 0.25) is 5.91 Å². The molecule has 2 aliphatic carbocycles. The van der Waals surface area contributed by atoms with E-state index in [4.69, 9.17) is 0 Å². The Balaban J connectivity index is 1.48. The van der Waals surface area contributed by atoms with E-state index in [1.165, 1.54) is 64.2 Å². The summed E-state index contributed by atoms with van der Waals surface area (Å²) in [4.78, 5) is 11.8. The molecular formula is C17H32N2O. The fourth-order valence-electron chi connectivity index (χ4n) is 3.65. The maximum absolute atomic E-state index is 11.8. The number of hydrogen-bond donors (Lipinski definition) is 2. The highest BCUT2D eigenvalue weighted by Gasteiger charge is 2.18. The van der Waals surface area contributed by atoms with Crippen molar-refractivity contribution >= 4 is 5.91 Å². The van der Waals surface area contributed by atoms with Gasteiger partial charge >= 0.3 is 0 Å². The van der Waals surface area contributed by atoms with Gasteiger partial charge in [0.25, 0.3) is 0 Å². The Morgan fingerprint density at radius 2 is 1.70 bits per heavy atom. The van der Waals surface area contributed by atoms with E-state index >= 15 is 0 Å². The number of amides is 1. The van der Waals surface area contributed by atoms with Crippen molar-refractivity contribution in [2.24, 2.45) is 11.8 Å². The lowest BCUT2D eigenvalue weighted by Gasteiger charge is -2.26. The molecule has 20 heavy (non-hydrogen) atoms. The van der Waals surface area contributed by atoms with Gasteiger partial charge in [-0.05, 0) is 37.6 Å². The first kappa shape index (κ1) is 15.8. The normalized spacial score (nSPS) is 28.2. The van der Waals surface area contributed by atoms with Crippen molar-refractivity contribution < 1.29 is 4.79 Å². The quantitative estimate of drug-likeness (QED) is 0.733. The van der Waals surface area contributed by atoms with Crippen molar-refractivity contribution in [1.82, 2.24) is 10.6 Å². The number of nitrogens with one attached hydrogen (secondary N) is 2. The van der Waals surface area contributed by atoms with Gasteiger partial charge in [0, 0.05) is 6.04 Å². The van der Waals surface area contributed by atoms with Crippen molar-refractivity contribution in [3.8, 4) is 0 Å². The van der Waals surface area contributed by atoms with Crippen LogP contribution in [0.15, 0.2) is 0 Å². The predicted molar refractivity (Wildman–Crippen MR) is 83.6 cm³/mol. The first-order valence-corrected chi connectivity index (χ1v) is 8.74. The molecule has 2 N–H and O–H groups in total. The summed E-state index contributed by atoms with van der Waals surface area (Å²) in [7, 11) is 0. The van der Waals surface area contributed by atoms with Crippen LogP contribution in [0.3, 0.4) is 0 Å². The molecule has 0 atom stereocenters. The zero-order valence-electron chi connectivity index (χ0n) is 13.1. The lowest BCUT2D eigenvalue weighted by Crippen LogP contribution is -2.41. The maximum Gasteiger partial charge on any atom is 0.234 e. The molecular weight excluding hydrogens is 248 g/mol. The highest BCUT2D eigenvalue weighted by Crippen LogP contribution is 2.29. The first-order valence-electron chi connectivity index (χ1n) is 8.74. The van der Waals surface area contributed by atoms with E-state index in [1.807, 2.05) is 0 Å². The lowest BCUT2D eigenvalue weighted by molar-refractivity contribution is -0.121. The molecule has 0 aromatic carbocycles. The van der Waals surface area contributed by atoms with Crippen LogP contribution in [-0.2, 0) is 4.79 Å². The molecule has 2 saturated carbocycles. The van der Waals surface area contributed by atoms with Gasteiger partial charge in [0.05, 0.1) is 6.54 Å². The van der Waals surface area contributed by atoms with Gasteiger partial charge in [-0.1, -0.05) is 51.9 Å². The van der Waals surface area contributed by atoms with Gasteiger partial charge in [0.15, 0.2) is 0 Å². The molecule has 0 aromatic heterocycles. The van der Waals surface area contributed by atoms with Crippen LogP contribution in [0.4, 0.5) is 0 Å². The van der Waals surface area contributed by atoms with Crippen molar-refractivity contribution in [1.29, 1.82) is 0 Å². The summed E-state index contributed by atoms with van der Waals surface area (Å²) < 4.78 is 0. The summed E-state index contributed by atoms with van der Waals surface area (Å²) >= 11 is 0. The van der Waals surface area contributed by atoms with Crippen LogP contribution >= 0.6 is 0 Å². The lowest BCUT2D eigenvalue weighted by atomic mass is 9.81. The van der Waals surface area contributed by atoms with E-state index in [9.17, 15) is 4.79 Å². The Labute approximate surface area is 124 Å². The smallest absolute Gasteiger partial charge is 0.234 e. The summed E-state index contributed by atoms with van der Waals surface area (Å²) in [6.45, 7) is 3.86. The van der Waals surface area contributed by atoms with Crippen LogP contribution in [0, 0.1) is 11.8 Å². The Kier molecular flexibility index (Phi) is 6.85. The summed E-state index contributed by atoms with van der Waals surface area (Å²) in [6, 6.07) is 0.442. The molecule has 0 aromatic rings. The first-order chi connectivity index (χ1) is 9.74. The number of rotatable bonds is 6. The standard InChI is InChI=1S/C17H32N2O/c1-14-7-9-15(10-8-14)11-12-18-13-17(20)19-16-5-3-2-4-6-16/h14-16,18H,2-13H2,1H3,(H,19,20). The average molecular weight is 280 g/mol. The molecule has 0 radical (unpaired) electrons. The second-order valence-electron chi connectivity index (χ2n) is 6.99. The van der Waals surface area contributed by atoms with Crippen LogP contribution in [0.1, 0.15) is 71.1 Å². The fraction of sp³-hybridized carbons (Fsp3) is 0.941. The van der Waals surface area contributed by atoms with Crippen LogP contribution in [0.2, 0.25) is 0 Å². The van der Waals surface area contributed by atoms with Crippen LogP contribution in [-0.4, -0.2) is 25.0 Å². The van der Waals surface area contributed by atoms with Crippen molar-refractivity contribution in [2.45, 2.75) is 77.2 Å². The Morgan fingerprint density at radius 1 is 1.00 bits per heavy atom. The molecule has 0 aliphatic heterocycles. The monoisotopic (exact) mass is 280 g/mol. The zero-order chi connectivity index (χ0) is 14.2. The molecule has 0 saturated heterocycles. The maximum atomic E-state index is 11.8. The van der Waals surface area contributed by atoms with Crippen LogP contribution in [0.5, 0.6) is 0 Å². The van der Waals surface area contributed by atoms with E-state index in [0.717, 1.165) is 18.4 Å². The van der Waals surface area contributed by atoms with Gasteiger partial charge in [-0.2, -0.15) is 0 Å². The van der Waals surface area contributed by atoms with Gasteiger partial charge in [-0.25, -0.2) is 0 Å². The molecule has 3 heteroatoms. The molecule has 116 valence electrons. The second kappa shape index (κ2) is 8.66. The number of carbonyl (C=O) groups is 1. The van der Waals surface area contributed by atoms with E-state index in [1.54, 1.807) is 0 Å². The third-order valence-electron chi connectivity index (χ3n) is 5.12. The van der Waals surface area contributed by atoms with Crippen LogP contribution < -0.4 is 10.6 Å². The fourth-order valence-corrected chi connectivity index (χ4v) is 3.65. The summed E-state index contributed by atoms with van der Waals surface area (Å²) in [5.74, 6) is 2.01. The Hall–Kier alpha value is -0.570. The number of hydrogen-bond acceptors (Lipinski definition) is 2. The third kappa shape index (κ3) is 5.82. The SMILES string of the molecule is CC1CCC(CCNCC(=O)NC2CCCCC2)CC1. The van der Waals surface area contributed by atoms with Crippen molar-refractivity contribution in [3.63, 3.8) is 0 Å². The third-order valence-corrected chi connectivity index (χ3v) is 5.12. The minimum absolute atomic E-state index is 0.189. The molecule has 2 rings (SSSR count). The van der Waals surface area contributed by atoms with E-state index < -0.39 is 0 Å². The van der Waals surface area contributed by atoms with E-state index in [-0.39, 0.29) is 5.91 Å². The van der Waals surface area contributed by atoms with E-state index in [0.29, 0.717) is 12.6 Å². The van der Waals surface area contributed by atoms with Crippen LogP contribution in [0.25, 0.3) is 0 Å². The van der Waals surface area contributed by atoms with Gasteiger partial charge in [0.1, 0.15) is 0 Å². The molecule has 0 bridgehead atoms. The van der Waals surface area contributed by atoms with Crippen molar-refractivity contribution in [2.75, 3.05) is 13.1 Å². The zero-order valence-corrected chi connectivity index (χ0v) is 13.1. The predicted octanol–water partition coefficient (Wildman–Crippen LogP) is 3.24. The molecule has 2 aliphatic rings. The molecule has 3 nitrogen and oxygen atoms in total. The average Bonchev–Trinajstić information content (AvgIpc) is 2.46. The van der Waals surface area contributed by atoms with Crippen molar-refractivity contribution in [3.05, 3.63) is 0 Å².